The number of hydrogen-bond donors (Lipinski definition) is 2. The highest BCUT2D eigenvalue weighted by molar-refractivity contribution is 7.92. The molecule has 2 aromatic carbocycles. The number of sulfonamides is 2. The predicted molar refractivity (Wildman–Crippen MR) is 183 cm³/mol. The minimum absolute atomic E-state index is 0.000335. The van der Waals surface area contributed by atoms with Gasteiger partial charge in [-0.25, -0.2) is 16.8 Å². The van der Waals surface area contributed by atoms with Gasteiger partial charge in [-0.15, -0.1) is 11.3 Å². The Morgan fingerprint density at radius 2 is 1.83 bits per heavy atom. The number of aliphatic hydroxyl groups is 1. The van der Waals surface area contributed by atoms with E-state index in [1.807, 2.05) is 13.8 Å². The average Bonchev–Trinajstić information content (AvgIpc) is 3.59. The number of anilines is 1. The number of thiophene rings is 1. The summed E-state index contributed by atoms with van der Waals surface area (Å²) >= 11 is 7.07. The Kier molecular flexibility index (Phi) is 12.7. The first-order valence-electron chi connectivity index (χ1n) is 15.3. The van der Waals surface area contributed by atoms with Crippen molar-refractivity contribution in [3.05, 3.63) is 70.6 Å². The lowest BCUT2D eigenvalue weighted by atomic mass is 10.0. The van der Waals surface area contributed by atoms with E-state index in [0.717, 1.165) is 17.8 Å². The molecule has 0 saturated carbocycles. The summed E-state index contributed by atoms with van der Waals surface area (Å²) in [5.41, 5.74) is 0.267. The predicted octanol–water partition coefficient (Wildman–Crippen LogP) is 5.32. The van der Waals surface area contributed by atoms with Crippen molar-refractivity contribution in [1.29, 1.82) is 0 Å². The van der Waals surface area contributed by atoms with Gasteiger partial charge in [0, 0.05) is 43.4 Å². The number of aliphatic hydroxyl groups excluding tert-OH is 1. The van der Waals surface area contributed by atoms with Crippen LogP contribution in [-0.2, 0) is 24.8 Å². The molecule has 0 aliphatic carbocycles. The molecule has 0 bridgehead atoms. The normalized spacial score (nSPS) is 21.0. The van der Waals surface area contributed by atoms with Crippen LogP contribution in [0, 0.1) is 5.92 Å². The van der Waals surface area contributed by atoms with E-state index in [1.54, 1.807) is 30.5 Å². The number of nitrogens with one attached hydrogen (secondary N) is 1. The largest absolute Gasteiger partial charge is 0.490 e. The van der Waals surface area contributed by atoms with Crippen molar-refractivity contribution in [2.45, 2.75) is 67.4 Å². The van der Waals surface area contributed by atoms with Gasteiger partial charge >= 0.3 is 0 Å². The number of carbonyl (C=O) groups excluding carboxylic acids is 1. The Morgan fingerprint density at radius 1 is 1.11 bits per heavy atom. The second kappa shape index (κ2) is 16.1. The quantitative estimate of drug-likeness (QED) is 0.302. The molecule has 2 N–H and O–H groups in total. The Morgan fingerprint density at radius 3 is 2.49 bits per heavy atom. The van der Waals surface area contributed by atoms with Crippen molar-refractivity contribution in [2.75, 3.05) is 38.1 Å². The van der Waals surface area contributed by atoms with Crippen molar-refractivity contribution in [1.82, 2.24) is 9.21 Å². The second-order valence-electron chi connectivity index (χ2n) is 11.8. The number of carbonyl (C=O) groups is 1. The van der Waals surface area contributed by atoms with Gasteiger partial charge in [-0.05, 0) is 87.0 Å². The molecule has 3 aromatic rings. The molecule has 4 rings (SSSR count). The lowest BCUT2D eigenvalue weighted by Crippen LogP contribution is -2.48. The maximum atomic E-state index is 14.3. The Balaban J connectivity index is 1.68. The molecular weight excluding hydrogens is 686 g/mol. The fourth-order valence-corrected chi connectivity index (χ4v) is 8.75. The SMILES string of the molecule is C[C@@H]1CN([C@H](C)CO)C(=O)c2cc(NS(=O)(=O)c3ccc(Cl)cc3)ccc2O[C@@H](C)CCCCO[C@H]1CN(C)S(=O)(=O)c1cccs1. The van der Waals surface area contributed by atoms with E-state index in [2.05, 4.69) is 4.72 Å². The van der Waals surface area contributed by atoms with Crippen molar-refractivity contribution >= 4 is 54.6 Å². The van der Waals surface area contributed by atoms with Gasteiger partial charge in [0.05, 0.1) is 35.3 Å². The van der Waals surface area contributed by atoms with Crippen molar-refractivity contribution < 1.29 is 36.2 Å². The number of nitrogens with zero attached hydrogens (tertiary/aromatic N) is 2. The van der Waals surface area contributed by atoms with Gasteiger partial charge in [-0.1, -0.05) is 24.6 Å². The molecule has 15 heteroatoms. The summed E-state index contributed by atoms with van der Waals surface area (Å²) in [6.45, 7) is 5.70. The number of ether oxygens (including phenoxy) is 2. The first-order valence-corrected chi connectivity index (χ1v) is 19.5. The van der Waals surface area contributed by atoms with E-state index in [0.29, 0.717) is 24.5 Å². The lowest BCUT2D eigenvalue weighted by molar-refractivity contribution is -0.00832. The topological polar surface area (TPSA) is 143 Å². The van der Waals surface area contributed by atoms with E-state index in [4.69, 9.17) is 21.1 Å². The fourth-order valence-electron chi connectivity index (χ4n) is 5.19. The molecule has 47 heavy (non-hydrogen) atoms. The minimum atomic E-state index is -4.01. The minimum Gasteiger partial charge on any atom is -0.490 e. The van der Waals surface area contributed by atoms with Crippen LogP contribution >= 0.6 is 22.9 Å². The molecule has 0 saturated heterocycles. The van der Waals surface area contributed by atoms with Crippen LogP contribution in [0.3, 0.4) is 0 Å². The standard InChI is InChI=1S/C32H42ClN3O8S3/c1-22-19-36(23(2)21-37)32(38)28-18-26(34-46(39,40)27-13-10-25(33)11-14-27)12-15-29(28)44-24(3)8-5-6-16-43-30(22)20-35(4)47(41,42)31-9-7-17-45-31/h7,9-15,17-18,22-24,30,34,37H,5-6,8,16,19-21H2,1-4H3/t22-,23-,24+,30+/m1/s1. The number of benzene rings is 2. The van der Waals surface area contributed by atoms with Gasteiger partial charge in [-0.3, -0.25) is 9.52 Å². The van der Waals surface area contributed by atoms with Gasteiger partial charge in [0.1, 0.15) is 9.96 Å². The summed E-state index contributed by atoms with van der Waals surface area (Å²) in [7, 11) is -6.24. The Labute approximate surface area is 286 Å². The van der Waals surface area contributed by atoms with Crippen molar-refractivity contribution in [3.63, 3.8) is 0 Å². The van der Waals surface area contributed by atoms with Gasteiger partial charge in [0.15, 0.2) is 0 Å². The third-order valence-corrected chi connectivity index (χ3v) is 12.9. The van der Waals surface area contributed by atoms with Crippen LogP contribution in [-0.4, -0.2) is 88.7 Å². The molecule has 1 amide bonds. The summed E-state index contributed by atoms with van der Waals surface area (Å²) in [5.74, 6) is -0.554. The van der Waals surface area contributed by atoms with Crippen LogP contribution in [0.25, 0.3) is 0 Å². The summed E-state index contributed by atoms with van der Waals surface area (Å²) in [6.07, 6.45) is 1.30. The van der Waals surface area contributed by atoms with E-state index in [-0.39, 0.29) is 57.8 Å². The van der Waals surface area contributed by atoms with Crippen LogP contribution in [0.4, 0.5) is 5.69 Å². The van der Waals surface area contributed by atoms with Crippen LogP contribution in [0.15, 0.2) is 69.1 Å². The molecule has 11 nitrogen and oxygen atoms in total. The highest BCUT2D eigenvalue weighted by Gasteiger charge is 2.33. The van der Waals surface area contributed by atoms with Gasteiger partial charge in [0.2, 0.25) is 0 Å². The monoisotopic (exact) mass is 727 g/mol. The molecule has 1 aromatic heterocycles. The number of halogens is 1. The zero-order valence-electron chi connectivity index (χ0n) is 26.8. The van der Waals surface area contributed by atoms with E-state index < -0.39 is 38.1 Å². The Bertz CT molecular complexity index is 1700. The molecule has 0 unspecified atom stereocenters. The van der Waals surface area contributed by atoms with Crippen molar-refractivity contribution in [3.8, 4) is 5.75 Å². The molecule has 258 valence electrons. The maximum Gasteiger partial charge on any atom is 0.261 e. The van der Waals surface area contributed by atoms with Gasteiger partial charge < -0.3 is 19.5 Å². The second-order valence-corrected chi connectivity index (χ2v) is 17.1. The fraction of sp³-hybridized carbons (Fsp3) is 0.469. The highest BCUT2D eigenvalue weighted by Crippen LogP contribution is 2.30. The lowest BCUT2D eigenvalue weighted by Gasteiger charge is -2.35. The Hall–Kier alpha value is -2.72. The number of rotatable bonds is 9. The molecular formula is C32H42ClN3O8S3. The molecule has 1 aliphatic heterocycles. The number of likely N-dealkylation sites (N-methyl/N-ethyl adjacent to an activating group) is 1. The summed E-state index contributed by atoms with van der Waals surface area (Å²) < 4.78 is 69.3. The highest BCUT2D eigenvalue weighted by atomic mass is 35.5. The van der Waals surface area contributed by atoms with Crippen molar-refractivity contribution in [2.24, 2.45) is 5.92 Å². The zero-order chi connectivity index (χ0) is 34.4. The smallest absolute Gasteiger partial charge is 0.261 e. The molecule has 0 spiro atoms. The van der Waals surface area contributed by atoms with Gasteiger partial charge in [0.25, 0.3) is 26.0 Å². The zero-order valence-corrected chi connectivity index (χ0v) is 30.0. The van der Waals surface area contributed by atoms with Crippen LogP contribution < -0.4 is 9.46 Å². The first kappa shape index (κ1) is 37.1. The van der Waals surface area contributed by atoms with E-state index in [9.17, 15) is 26.7 Å². The first-order chi connectivity index (χ1) is 22.2. The summed E-state index contributed by atoms with van der Waals surface area (Å²) in [6, 6.07) is 12.8. The molecule has 1 aliphatic rings. The molecule has 2 heterocycles. The maximum absolute atomic E-state index is 14.3. The number of hydrogen-bond acceptors (Lipinski definition) is 9. The summed E-state index contributed by atoms with van der Waals surface area (Å²) in [4.78, 5) is 15.8. The van der Waals surface area contributed by atoms with Gasteiger partial charge in [-0.2, -0.15) is 4.31 Å². The number of amides is 1. The van der Waals surface area contributed by atoms with Crippen LogP contribution in [0.2, 0.25) is 5.02 Å². The van der Waals surface area contributed by atoms with Crippen LogP contribution in [0.1, 0.15) is 50.4 Å². The average molecular weight is 728 g/mol. The molecule has 0 radical (unpaired) electrons. The van der Waals surface area contributed by atoms with Crippen LogP contribution in [0.5, 0.6) is 5.75 Å². The summed E-state index contributed by atoms with van der Waals surface area (Å²) in [5, 5.41) is 12.3. The molecule has 4 atom stereocenters. The number of fused-ring (bicyclic) bond motifs is 1. The van der Waals surface area contributed by atoms with E-state index >= 15 is 0 Å². The third-order valence-electron chi connectivity index (χ3n) is 8.02. The third kappa shape index (κ3) is 9.46. The molecule has 0 fully saturated rings. The van der Waals surface area contributed by atoms with E-state index in [1.165, 1.54) is 52.7 Å².